The lowest BCUT2D eigenvalue weighted by molar-refractivity contribution is -0.121. The fourth-order valence-electron chi connectivity index (χ4n) is 2.78. The second-order valence-electron chi connectivity index (χ2n) is 6.19. The summed E-state index contributed by atoms with van der Waals surface area (Å²) in [7, 11) is 1.49. The summed E-state index contributed by atoms with van der Waals surface area (Å²) >= 11 is 0. The van der Waals surface area contributed by atoms with Crippen LogP contribution >= 0.6 is 0 Å². The lowest BCUT2D eigenvalue weighted by Crippen LogP contribution is -2.43. The molecule has 0 aliphatic rings. The van der Waals surface area contributed by atoms with Gasteiger partial charge in [-0.15, -0.1) is 0 Å². The van der Waals surface area contributed by atoms with Crippen molar-refractivity contribution in [2.75, 3.05) is 6.54 Å². The minimum absolute atomic E-state index is 0.217. The average molecular weight is 352 g/mol. The Kier molecular flexibility index (Phi) is 4.97. The molecule has 0 spiro atoms. The van der Waals surface area contributed by atoms with Crippen LogP contribution in [0.1, 0.15) is 11.1 Å². The predicted molar refractivity (Wildman–Crippen MR) is 99.1 cm³/mol. The lowest BCUT2D eigenvalue weighted by atomic mass is 10.1. The molecule has 3 aromatic rings. The van der Waals surface area contributed by atoms with Crippen LogP contribution in [0.25, 0.3) is 11.2 Å². The van der Waals surface area contributed by atoms with Gasteiger partial charge >= 0.3 is 11.1 Å². The van der Waals surface area contributed by atoms with Gasteiger partial charge in [0.25, 0.3) is 0 Å². The van der Waals surface area contributed by atoms with Crippen LogP contribution in [-0.4, -0.2) is 26.6 Å². The molecule has 26 heavy (non-hydrogen) atoms. The highest BCUT2D eigenvalue weighted by Crippen LogP contribution is 2.06. The van der Waals surface area contributed by atoms with Gasteiger partial charge in [-0.1, -0.05) is 29.8 Å². The second kappa shape index (κ2) is 7.35. The highest BCUT2D eigenvalue weighted by molar-refractivity contribution is 5.78. The molecule has 0 radical (unpaired) electrons. The molecule has 3 rings (SSSR count). The van der Waals surface area contributed by atoms with Gasteiger partial charge in [-0.2, -0.15) is 0 Å². The maximum Gasteiger partial charge on any atom is 0.317 e. The van der Waals surface area contributed by atoms with Gasteiger partial charge in [-0.3, -0.25) is 23.5 Å². The number of fused-ring (bicyclic) bond motifs is 1. The van der Waals surface area contributed by atoms with E-state index in [1.807, 2.05) is 31.2 Å². The fourth-order valence-corrected chi connectivity index (χ4v) is 2.78. The number of amides is 1. The van der Waals surface area contributed by atoms with Crippen molar-refractivity contribution in [1.29, 1.82) is 0 Å². The van der Waals surface area contributed by atoms with Gasteiger partial charge < -0.3 is 5.32 Å². The van der Waals surface area contributed by atoms with E-state index in [-0.39, 0.29) is 12.5 Å². The van der Waals surface area contributed by atoms with Crippen LogP contribution in [0.4, 0.5) is 0 Å². The van der Waals surface area contributed by atoms with Crippen molar-refractivity contribution in [3.8, 4) is 0 Å². The number of benzene rings is 1. The third-order valence-electron chi connectivity index (χ3n) is 4.27. The molecule has 2 heterocycles. The first kappa shape index (κ1) is 17.6. The number of hydrogen-bond donors (Lipinski definition) is 1. The molecule has 1 aromatic carbocycles. The molecule has 1 amide bonds. The quantitative estimate of drug-likeness (QED) is 0.687. The molecule has 7 nitrogen and oxygen atoms in total. The van der Waals surface area contributed by atoms with Crippen LogP contribution in [-0.2, 0) is 24.8 Å². The van der Waals surface area contributed by atoms with Gasteiger partial charge in [0.15, 0.2) is 5.65 Å². The number of carbonyl (C=O) groups is 1. The predicted octanol–water partition coefficient (Wildman–Crippen LogP) is 0.763. The molecule has 0 saturated carbocycles. The summed E-state index contributed by atoms with van der Waals surface area (Å²) in [5.74, 6) is -0.322. The van der Waals surface area contributed by atoms with E-state index in [0.717, 1.165) is 5.56 Å². The van der Waals surface area contributed by atoms with Crippen molar-refractivity contribution in [2.24, 2.45) is 7.05 Å². The van der Waals surface area contributed by atoms with Gasteiger partial charge in [0, 0.05) is 19.8 Å². The Morgan fingerprint density at radius 1 is 1.12 bits per heavy atom. The SMILES string of the molecule is Cc1ccc(CCNC(=O)Cn2c(=O)c(=O)n(C)c3ncccc32)cc1. The Bertz CT molecular complexity index is 1060. The van der Waals surface area contributed by atoms with Crippen molar-refractivity contribution in [3.63, 3.8) is 0 Å². The van der Waals surface area contributed by atoms with Crippen LogP contribution in [0.15, 0.2) is 52.2 Å². The summed E-state index contributed by atoms with van der Waals surface area (Å²) in [5, 5.41) is 2.79. The Labute approximate surface area is 149 Å². The van der Waals surface area contributed by atoms with E-state index in [0.29, 0.717) is 24.1 Å². The van der Waals surface area contributed by atoms with Crippen molar-refractivity contribution >= 4 is 17.1 Å². The van der Waals surface area contributed by atoms with E-state index in [9.17, 15) is 14.4 Å². The lowest BCUT2D eigenvalue weighted by Gasteiger charge is -2.12. The zero-order chi connectivity index (χ0) is 18.7. The third kappa shape index (κ3) is 3.56. The van der Waals surface area contributed by atoms with E-state index in [1.165, 1.54) is 27.9 Å². The highest BCUT2D eigenvalue weighted by Gasteiger charge is 2.14. The molecule has 134 valence electrons. The van der Waals surface area contributed by atoms with E-state index < -0.39 is 11.1 Å². The summed E-state index contributed by atoms with van der Waals surface area (Å²) in [5.41, 5.74) is 1.68. The molecule has 0 fully saturated rings. The maximum absolute atomic E-state index is 12.3. The van der Waals surface area contributed by atoms with Gasteiger partial charge in [-0.25, -0.2) is 4.98 Å². The minimum Gasteiger partial charge on any atom is -0.354 e. The monoisotopic (exact) mass is 352 g/mol. The number of pyridine rings is 1. The summed E-state index contributed by atoms with van der Waals surface area (Å²) < 4.78 is 2.37. The van der Waals surface area contributed by atoms with Crippen molar-refractivity contribution in [2.45, 2.75) is 19.9 Å². The van der Waals surface area contributed by atoms with Gasteiger partial charge in [0.1, 0.15) is 6.54 Å². The summed E-state index contributed by atoms with van der Waals surface area (Å²) in [6.45, 7) is 2.26. The van der Waals surface area contributed by atoms with E-state index in [1.54, 1.807) is 12.1 Å². The Hall–Kier alpha value is -3.22. The number of aromatic nitrogens is 3. The Morgan fingerprint density at radius 3 is 2.58 bits per heavy atom. The third-order valence-corrected chi connectivity index (χ3v) is 4.27. The number of aryl methyl sites for hydroxylation is 2. The molecule has 0 unspecified atom stereocenters. The second-order valence-corrected chi connectivity index (χ2v) is 6.19. The molecular formula is C19H20N4O3. The molecule has 7 heteroatoms. The first-order valence-corrected chi connectivity index (χ1v) is 8.34. The molecule has 0 aliphatic heterocycles. The standard InChI is InChI=1S/C19H20N4O3/c1-13-5-7-14(8-6-13)9-11-20-16(24)12-23-15-4-3-10-21-17(15)22(2)18(25)19(23)26/h3-8,10H,9,11-12H2,1-2H3,(H,20,24). The van der Waals surface area contributed by atoms with Crippen LogP contribution < -0.4 is 16.4 Å². The Morgan fingerprint density at radius 2 is 1.85 bits per heavy atom. The maximum atomic E-state index is 12.3. The Balaban J connectivity index is 1.74. The van der Waals surface area contributed by atoms with E-state index in [2.05, 4.69) is 10.3 Å². The minimum atomic E-state index is -0.735. The van der Waals surface area contributed by atoms with Crippen LogP contribution in [0.5, 0.6) is 0 Å². The zero-order valence-electron chi connectivity index (χ0n) is 14.7. The van der Waals surface area contributed by atoms with Crippen molar-refractivity contribution < 1.29 is 4.79 Å². The highest BCUT2D eigenvalue weighted by atomic mass is 16.2. The topological polar surface area (TPSA) is 86.0 Å². The number of rotatable bonds is 5. The molecular weight excluding hydrogens is 332 g/mol. The van der Waals surface area contributed by atoms with Crippen LogP contribution in [0, 0.1) is 6.92 Å². The summed E-state index contributed by atoms with van der Waals surface area (Å²) in [4.78, 5) is 40.7. The normalized spacial score (nSPS) is 10.8. The first-order chi connectivity index (χ1) is 12.5. The van der Waals surface area contributed by atoms with Crippen LogP contribution in [0.2, 0.25) is 0 Å². The van der Waals surface area contributed by atoms with Crippen molar-refractivity contribution in [1.82, 2.24) is 19.4 Å². The smallest absolute Gasteiger partial charge is 0.317 e. The number of nitrogens with zero attached hydrogens (tertiary/aromatic N) is 3. The molecule has 0 bridgehead atoms. The first-order valence-electron chi connectivity index (χ1n) is 8.34. The molecule has 0 saturated heterocycles. The summed E-state index contributed by atoms with van der Waals surface area (Å²) in [6, 6.07) is 11.4. The molecule has 1 N–H and O–H groups in total. The number of carbonyl (C=O) groups excluding carboxylic acids is 1. The van der Waals surface area contributed by atoms with Gasteiger partial charge in [-0.05, 0) is 31.0 Å². The van der Waals surface area contributed by atoms with Gasteiger partial charge in [0.05, 0.1) is 5.52 Å². The van der Waals surface area contributed by atoms with Gasteiger partial charge in [0.2, 0.25) is 5.91 Å². The zero-order valence-corrected chi connectivity index (χ0v) is 14.7. The molecule has 0 aliphatic carbocycles. The van der Waals surface area contributed by atoms with E-state index in [4.69, 9.17) is 0 Å². The summed E-state index contributed by atoms with van der Waals surface area (Å²) in [6.07, 6.45) is 2.23. The van der Waals surface area contributed by atoms with Crippen molar-refractivity contribution in [3.05, 3.63) is 74.4 Å². The molecule has 0 atom stereocenters. The molecule has 2 aromatic heterocycles. The largest absolute Gasteiger partial charge is 0.354 e. The van der Waals surface area contributed by atoms with Crippen LogP contribution in [0.3, 0.4) is 0 Å². The number of hydrogen-bond acceptors (Lipinski definition) is 4. The fraction of sp³-hybridized carbons (Fsp3) is 0.263. The average Bonchev–Trinajstić information content (AvgIpc) is 2.65. The number of nitrogens with one attached hydrogen (secondary N) is 1. The van der Waals surface area contributed by atoms with E-state index >= 15 is 0 Å².